The van der Waals surface area contributed by atoms with E-state index in [0.717, 1.165) is 60.1 Å². The third kappa shape index (κ3) is 17.6. The summed E-state index contributed by atoms with van der Waals surface area (Å²) in [5, 5.41) is 124. The van der Waals surface area contributed by atoms with Gasteiger partial charge < -0.3 is 97.3 Å². The van der Waals surface area contributed by atoms with E-state index in [2.05, 4.69) is 71.0 Å². The van der Waals surface area contributed by atoms with Crippen LogP contribution in [0.5, 0.6) is 11.5 Å². The van der Waals surface area contributed by atoms with Gasteiger partial charge in [0.05, 0.1) is 63.0 Å². The van der Waals surface area contributed by atoms with Crippen LogP contribution >= 0.6 is 11.3 Å². The number of nitrogens with zero attached hydrogens (tertiary/aromatic N) is 6. The number of rotatable bonds is 18. The molecule has 1 aromatic heterocycles. The molecule has 5 aliphatic rings. The Morgan fingerprint density at radius 3 is 1.97 bits per heavy atom. The molecule has 13 atom stereocenters. The number of amides is 7. The molecule has 518 valence electrons. The van der Waals surface area contributed by atoms with Crippen LogP contribution in [0.3, 0.4) is 0 Å². The molecule has 29 nitrogen and oxygen atoms in total. The predicted octanol–water partition coefficient (Wildman–Crippen LogP) is -2.43. The van der Waals surface area contributed by atoms with Crippen LogP contribution in [0.15, 0.2) is 66.7 Å². The van der Waals surface area contributed by atoms with E-state index < -0.39 is 172 Å². The number of methoxy groups -OCH3 is 1. The fourth-order valence-corrected chi connectivity index (χ4v) is 14.0. The summed E-state index contributed by atoms with van der Waals surface area (Å²) in [6.45, 7) is 6.22. The number of anilines is 1. The Balaban J connectivity index is 0.960. The molecule has 7 amide bonds. The van der Waals surface area contributed by atoms with Crippen molar-refractivity contribution in [2.24, 2.45) is 11.8 Å². The van der Waals surface area contributed by atoms with E-state index in [1.54, 1.807) is 12.1 Å². The van der Waals surface area contributed by atoms with Gasteiger partial charge in [0.15, 0.2) is 11.5 Å². The van der Waals surface area contributed by atoms with Crippen LogP contribution in [-0.2, 0) is 35.2 Å². The zero-order valence-corrected chi connectivity index (χ0v) is 54.5. The van der Waals surface area contributed by atoms with Gasteiger partial charge in [-0.1, -0.05) is 43.4 Å². The third-order valence-corrected chi connectivity index (χ3v) is 19.9. The Kier molecular flexibility index (Phi) is 24.6. The topological polar surface area (TPSA) is 422 Å². The molecule has 4 aliphatic heterocycles. The molecule has 1 saturated carbocycles. The smallest absolute Gasteiger partial charge is 0.251 e. The number of fused-ring (bicyclic) bond motifs is 2. The zero-order valence-electron chi connectivity index (χ0n) is 53.7. The molecule has 15 N–H and O–H groups in total. The molecule has 95 heavy (non-hydrogen) atoms. The third-order valence-electron chi connectivity index (χ3n) is 18.9. The van der Waals surface area contributed by atoms with Crippen molar-refractivity contribution in [1.29, 1.82) is 0 Å². The number of β-amino-alcohol motifs (C(OH)–C–C–N with tert-alkyl or cyclic N) is 1. The van der Waals surface area contributed by atoms with Crippen LogP contribution in [0.2, 0.25) is 0 Å². The summed E-state index contributed by atoms with van der Waals surface area (Å²) in [4.78, 5) is 109. The molecule has 0 spiro atoms. The molecule has 5 fully saturated rings. The number of aromatic nitrogens is 2. The second-order valence-electron chi connectivity index (χ2n) is 25.8. The fourth-order valence-electron chi connectivity index (χ4n) is 13.1. The first-order valence-corrected chi connectivity index (χ1v) is 33.3. The lowest BCUT2D eigenvalue weighted by Crippen LogP contribution is -2.64. The average Bonchev–Trinajstić information content (AvgIpc) is 1.69. The number of piperazine rings is 1. The van der Waals surface area contributed by atoms with E-state index >= 15 is 0 Å². The molecule has 0 bridgehead atoms. The second kappa shape index (κ2) is 32.5. The molecular weight excluding hydrogens is 1250 g/mol. The van der Waals surface area contributed by atoms with Crippen LogP contribution in [0.4, 0.5) is 5.69 Å². The van der Waals surface area contributed by atoms with Crippen LogP contribution in [0.25, 0.3) is 21.1 Å². The van der Waals surface area contributed by atoms with Crippen molar-refractivity contribution in [2.45, 2.75) is 157 Å². The summed E-state index contributed by atoms with van der Waals surface area (Å²) in [5.74, 6) is -8.00. The highest BCUT2D eigenvalue weighted by Crippen LogP contribution is 2.34. The lowest BCUT2D eigenvalue weighted by molar-refractivity contribution is -0.147. The lowest BCUT2D eigenvalue weighted by Gasteiger charge is -2.42. The zero-order chi connectivity index (χ0) is 68.4. The van der Waals surface area contributed by atoms with Crippen molar-refractivity contribution in [3.8, 4) is 32.6 Å². The minimum absolute atomic E-state index is 0.0230. The number of hydrogen-bond donors (Lipinski definition) is 15. The van der Waals surface area contributed by atoms with E-state index in [1.807, 2.05) is 12.1 Å². The molecule has 4 saturated heterocycles. The van der Waals surface area contributed by atoms with E-state index in [9.17, 15) is 79.5 Å². The second-order valence-corrected chi connectivity index (χ2v) is 26.8. The van der Waals surface area contributed by atoms with Gasteiger partial charge >= 0.3 is 0 Å². The van der Waals surface area contributed by atoms with Gasteiger partial charge in [-0.3, -0.25) is 38.5 Å². The lowest BCUT2D eigenvalue weighted by atomic mass is 9.86. The summed E-state index contributed by atoms with van der Waals surface area (Å²) in [5.41, 5.74) is 2.93. The first-order chi connectivity index (χ1) is 45.4. The molecule has 3 aromatic carbocycles. The summed E-state index contributed by atoms with van der Waals surface area (Å²) in [6, 6.07) is 7.10. The Morgan fingerprint density at radius 1 is 0.716 bits per heavy atom. The number of aromatic hydroxyl groups is 1. The number of nitrogens with one attached hydrogen (secondary N) is 6. The van der Waals surface area contributed by atoms with Gasteiger partial charge in [-0.15, -0.1) is 10.2 Å². The number of aliphatic hydroxyl groups excluding tert-OH is 8. The Morgan fingerprint density at radius 2 is 1.34 bits per heavy atom. The highest BCUT2D eigenvalue weighted by Gasteiger charge is 2.50. The monoisotopic (exact) mass is 1340 g/mol. The fraction of sp³-hybridized carbons (Fsp3) is 0.585. The number of ether oxygens (including phenoxy) is 1. The SMILES string of the molecule is COc1cc(C[C@@H](O)[C@@H]2NC(=O)[C@@H]3C[C@@H](O)CN3C(=O)[C@H]([C@@H](C)O)NC(=O)[C@@H](NC(=O)c3ccc(-c4nnc(-c5ccc(N6CCN(C7CCC(C)CC7)CC6)cc5)s4)cc3)C[C@@H](O)CNC(=O)[C@@H]3[C@@H](O)[C@@H](C)CN3C(=O)[C@H]([C@H](O)CCNC(CO)CO)NC2=O)ccc1O. The normalized spacial score (nSPS) is 28.1. The van der Waals surface area contributed by atoms with Crippen molar-refractivity contribution < 1.29 is 84.3 Å². The van der Waals surface area contributed by atoms with E-state index in [1.165, 1.54) is 81.4 Å². The van der Waals surface area contributed by atoms with Gasteiger partial charge in [0, 0.05) is 99.4 Å². The van der Waals surface area contributed by atoms with E-state index in [-0.39, 0.29) is 42.1 Å². The number of phenolic OH excluding ortho intramolecular Hbond substituents is 1. The molecule has 0 radical (unpaired) electrons. The van der Waals surface area contributed by atoms with Crippen LogP contribution < -0.4 is 41.5 Å². The first-order valence-electron chi connectivity index (χ1n) is 32.5. The molecule has 5 heterocycles. The Hall–Kier alpha value is -7.49. The summed E-state index contributed by atoms with van der Waals surface area (Å²) >= 11 is 1.35. The minimum atomic E-state index is -2.07. The minimum Gasteiger partial charge on any atom is -0.504 e. The van der Waals surface area contributed by atoms with Crippen molar-refractivity contribution in [2.75, 3.05) is 77.6 Å². The van der Waals surface area contributed by atoms with Gasteiger partial charge in [0.1, 0.15) is 46.3 Å². The highest BCUT2D eigenvalue weighted by atomic mass is 32.1. The largest absolute Gasteiger partial charge is 0.504 e. The maximum Gasteiger partial charge on any atom is 0.251 e. The van der Waals surface area contributed by atoms with Crippen molar-refractivity contribution in [1.82, 2.24) is 56.8 Å². The van der Waals surface area contributed by atoms with E-state index in [4.69, 9.17) is 4.74 Å². The van der Waals surface area contributed by atoms with E-state index in [0.29, 0.717) is 21.6 Å². The summed E-state index contributed by atoms with van der Waals surface area (Å²) < 4.78 is 5.22. The number of phenols is 1. The van der Waals surface area contributed by atoms with Crippen molar-refractivity contribution in [3.63, 3.8) is 0 Å². The van der Waals surface area contributed by atoms with Gasteiger partial charge in [0.2, 0.25) is 35.4 Å². The number of hydrogen-bond acceptors (Lipinski definition) is 23. The predicted molar refractivity (Wildman–Crippen MR) is 346 cm³/mol. The van der Waals surface area contributed by atoms with Crippen molar-refractivity contribution >= 4 is 58.4 Å². The van der Waals surface area contributed by atoms with Crippen LogP contribution in [-0.4, -0.2) is 270 Å². The standard InChI is InChI=1S/C65H90N12O17S/c1-34-5-14-42(15-6-34)74-21-23-75(24-22-74)43-16-12-40(13-17-43)63-73-72-62(95-63)39-10-8-38(9-11-39)57(87)68-46-27-44(81)29-67-61(91)55-56(86)35(2)30-77(55)65(93)54(49(84)19-20-66-41(32-78)33-79)71-60(90)53(50(85)25-37-7-18-48(83)51(26-37)94-4)70-59(89)47-28-45(82)31-76(47)64(92)52(36(3)80)69-58(46)88/h7-13,16-18,26,34-36,41-42,44-47,49-50,52-56,66,78-86H,5-6,14-15,19-25,27-33H2,1-4H3,(H,67,91)(H,68,87)(H,69,88)(H,70,89)(H,71,90)/t34?,35-,36+,42?,44+,45+,46-,47-,49+,50+,52-,53-,54-,55-,56-/m0/s1. The summed E-state index contributed by atoms with van der Waals surface area (Å²) in [7, 11) is 1.27. The number of aliphatic hydroxyl groups is 8. The van der Waals surface area contributed by atoms with Gasteiger partial charge in [-0.25, -0.2) is 0 Å². The maximum absolute atomic E-state index is 15.0. The molecule has 9 rings (SSSR count). The Labute approximate surface area is 554 Å². The van der Waals surface area contributed by atoms with Crippen molar-refractivity contribution in [3.05, 3.63) is 77.9 Å². The number of benzene rings is 3. The van der Waals surface area contributed by atoms with Gasteiger partial charge in [-0.2, -0.15) is 0 Å². The molecule has 0 unspecified atom stereocenters. The number of carbonyl (C=O) groups excluding carboxylic acids is 7. The van der Waals surface area contributed by atoms with Crippen LogP contribution in [0.1, 0.15) is 81.6 Å². The average molecular weight is 1340 g/mol. The molecular formula is C65H90N12O17S. The maximum atomic E-state index is 15.0. The van der Waals surface area contributed by atoms with Crippen LogP contribution in [0, 0.1) is 11.8 Å². The molecule has 1 aliphatic carbocycles. The molecule has 4 aromatic rings. The summed E-state index contributed by atoms with van der Waals surface area (Å²) in [6.07, 6.45) is -7.04. The molecule has 30 heteroatoms. The highest BCUT2D eigenvalue weighted by molar-refractivity contribution is 7.17. The first kappa shape index (κ1) is 71.8. The Bertz CT molecular complexity index is 3290. The quantitative estimate of drug-likeness (QED) is 0.0492. The van der Waals surface area contributed by atoms with Gasteiger partial charge in [0.25, 0.3) is 5.91 Å². The van der Waals surface area contributed by atoms with Gasteiger partial charge in [-0.05, 0) is 106 Å². The number of carbonyl (C=O) groups is 7.